The van der Waals surface area contributed by atoms with Crippen molar-refractivity contribution in [3.8, 4) is 11.1 Å². The Morgan fingerprint density at radius 3 is 2.50 bits per heavy atom. The third-order valence-electron chi connectivity index (χ3n) is 3.68. The van der Waals surface area contributed by atoms with Gasteiger partial charge in [0.05, 0.1) is 10.2 Å². The molecule has 3 nitrogen and oxygen atoms in total. The molecular formula is C15H14BrFN2O. The number of fused-ring (bicyclic) bond motifs is 1. The van der Waals surface area contributed by atoms with Crippen LogP contribution in [0.3, 0.4) is 0 Å². The van der Waals surface area contributed by atoms with Crippen molar-refractivity contribution in [3.05, 3.63) is 45.9 Å². The Morgan fingerprint density at radius 1 is 1.20 bits per heavy atom. The van der Waals surface area contributed by atoms with Crippen LogP contribution in [0.25, 0.3) is 11.1 Å². The Bertz CT molecular complexity index is 689. The van der Waals surface area contributed by atoms with Crippen LogP contribution in [-0.2, 0) is 5.41 Å². The van der Waals surface area contributed by atoms with Crippen LogP contribution in [0, 0.1) is 5.82 Å². The number of H-pyrrole nitrogens is 1. The van der Waals surface area contributed by atoms with E-state index in [1.165, 1.54) is 12.1 Å². The van der Waals surface area contributed by atoms with E-state index in [9.17, 15) is 9.18 Å². The molecule has 1 aromatic carbocycles. The number of carbonyl (C=O) groups excluding carboxylic acids is 1. The number of hydrogen-bond donors (Lipinski definition) is 2. The Morgan fingerprint density at radius 2 is 1.85 bits per heavy atom. The van der Waals surface area contributed by atoms with Gasteiger partial charge in [0.1, 0.15) is 5.82 Å². The molecule has 1 aliphatic heterocycles. The van der Waals surface area contributed by atoms with Crippen LogP contribution in [0.4, 0.5) is 4.39 Å². The molecule has 0 fully saturated rings. The Kier molecular flexibility index (Phi) is 2.97. The van der Waals surface area contributed by atoms with E-state index >= 15 is 0 Å². The van der Waals surface area contributed by atoms with E-state index in [0.29, 0.717) is 12.1 Å². The first kappa shape index (κ1) is 13.4. The number of rotatable bonds is 1. The van der Waals surface area contributed by atoms with Crippen LogP contribution in [0.5, 0.6) is 0 Å². The lowest BCUT2D eigenvalue weighted by atomic mass is 9.82. The van der Waals surface area contributed by atoms with Crippen molar-refractivity contribution < 1.29 is 9.18 Å². The molecule has 0 unspecified atom stereocenters. The van der Waals surface area contributed by atoms with Gasteiger partial charge >= 0.3 is 0 Å². The molecule has 3 rings (SSSR count). The van der Waals surface area contributed by atoms with Crippen molar-refractivity contribution in [2.24, 2.45) is 0 Å². The molecule has 2 heterocycles. The fraction of sp³-hybridized carbons (Fsp3) is 0.267. The summed E-state index contributed by atoms with van der Waals surface area (Å²) in [5.41, 5.74) is 2.98. The molecule has 1 aliphatic rings. The molecule has 5 heteroatoms. The van der Waals surface area contributed by atoms with E-state index < -0.39 is 0 Å². The molecule has 0 saturated heterocycles. The monoisotopic (exact) mass is 336 g/mol. The average Bonchev–Trinajstić information content (AvgIpc) is 2.75. The maximum absolute atomic E-state index is 13.1. The summed E-state index contributed by atoms with van der Waals surface area (Å²) in [5, 5.41) is 2.91. The molecule has 0 saturated carbocycles. The largest absolute Gasteiger partial charge is 0.351 e. The zero-order valence-electron chi connectivity index (χ0n) is 11.2. The van der Waals surface area contributed by atoms with Gasteiger partial charge in [-0.1, -0.05) is 26.0 Å². The average molecular weight is 337 g/mol. The van der Waals surface area contributed by atoms with Crippen LogP contribution < -0.4 is 5.32 Å². The van der Waals surface area contributed by atoms with Crippen molar-refractivity contribution in [2.45, 2.75) is 19.3 Å². The van der Waals surface area contributed by atoms with Gasteiger partial charge in [-0.25, -0.2) is 4.39 Å². The zero-order chi connectivity index (χ0) is 14.5. The van der Waals surface area contributed by atoms with Crippen molar-refractivity contribution in [1.82, 2.24) is 10.3 Å². The second-order valence-electron chi connectivity index (χ2n) is 5.64. The molecule has 1 aromatic heterocycles. The number of carbonyl (C=O) groups is 1. The van der Waals surface area contributed by atoms with Crippen molar-refractivity contribution in [1.29, 1.82) is 0 Å². The second-order valence-corrected chi connectivity index (χ2v) is 6.43. The number of aromatic nitrogens is 1. The molecule has 0 bridgehead atoms. The summed E-state index contributed by atoms with van der Waals surface area (Å²) in [5.74, 6) is -0.389. The minimum atomic E-state index is -0.293. The summed E-state index contributed by atoms with van der Waals surface area (Å²) in [7, 11) is 0. The molecule has 0 spiro atoms. The molecule has 20 heavy (non-hydrogen) atoms. The number of amides is 1. The maximum atomic E-state index is 13.1. The molecular weight excluding hydrogens is 323 g/mol. The van der Waals surface area contributed by atoms with E-state index in [2.05, 4.69) is 40.1 Å². The van der Waals surface area contributed by atoms with Gasteiger partial charge in [0.2, 0.25) is 0 Å². The number of nitrogens with one attached hydrogen (secondary N) is 2. The predicted molar refractivity (Wildman–Crippen MR) is 79.2 cm³/mol. The van der Waals surface area contributed by atoms with Crippen molar-refractivity contribution in [3.63, 3.8) is 0 Å². The minimum absolute atomic E-state index is 0.0967. The van der Waals surface area contributed by atoms with Gasteiger partial charge in [0.15, 0.2) is 0 Å². The summed E-state index contributed by atoms with van der Waals surface area (Å²) in [4.78, 5) is 15.5. The third-order valence-corrected chi connectivity index (χ3v) is 4.28. The van der Waals surface area contributed by atoms with Gasteiger partial charge in [-0.05, 0) is 33.6 Å². The highest BCUT2D eigenvalue weighted by molar-refractivity contribution is 9.10. The van der Waals surface area contributed by atoms with Crippen LogP contribution >= 0.6 is 15.9 Å². The molecule has 2 aromatic rings. The number of benzene rings is 1. The quantitative estimate of drug-likeness (QED) is 0.820. The van der Waals surface area contributed by atoms with Crippen LogP contribution in [-0.4, -0.2) is 17.4 Å². The fourth-order valence-electron chi connectivity index (χ4n) is 2.57. The van der Waals surface area contributed by atoms with Crippen molar-refractivity contribution in [2.75, 3.05) is 6.54 Å². The van der Waals surface area contributed by atoms with Crippen LogP contribution in [0.2, 0.25) is 0 Å². The molecule has 104 valence electrons. The maximum Gasteiger partial charge on any atom is 0.253 e. The predicted octanol–water partition coefficient (Wildman–Crippen LogP) is 3.60. The van der Waals surface area contributed by atoms with Gasteiger partial charge in [0, 0.05) is 23.2 Å². The van der Waals surface area contributed by atoms with Gasteiger partial charge in [-0.15, -0.1) is 0 Å². The number of halogens is 2. The highest BCUT2D eigenvalue weighted by atomic mass is 79.9. The van der Waals surface area contributed by atoms with E-state index in [1.54, 1.807) is 12.1 Å². The SMILES string of the molecule is CC1(C)CNC(=O)c2c1[nH]c(Br)c2-c1ccc(F)cc1. The van der Waals surface area contributed by atoms with Crippen molar-refractivity contribution >= 4 is 21.8 Å². The zero-order valence-corrected chi connectivity index (χ0v) is 12.8. The van der Waals surface area contributed by atoms with E-state index in [0.717, 1.165) is 21.4 Å². The lowest BCUT2D eigenvalue weighted by Gasteiger charge is -2.30. The van der Waals surface area contributed by atoms with E-state index in [1.807, 2.05) is 0 Å². The van der Waals surface area contributed by atoms with Gasteiger partial charge < -0.3 is 10.3 Å². The molecule has 2 N–H and O–H groups in total. The summed E-state index contributed by atoms with van der Waals surface area (Å²) in [6, 6.07) is 6.15. The van der Waals surface area contributed by atoms with Gasteiger partial charge in [-0.2, -0.15) is 0 Å². The lowest BCUT2D eigenvalue weighted by molar-refractivity contribution is 0.0930. The Labute approximate surface area is 124 Å². The molecule has 0 atom stereocenters. The standard InChI is InChI=1S/C15H14BrFN2O/c1-15(2)7-18-14(20)11-10(13(16)19-12(11)15)8-3-5-9(17)6-4-8/h3-6,19H,7H2,1-2H3,(H,18,20). The second kappa shape index (κ2) is 4.45. The Hall–Kier alpha value is -1.62. The number of hydrogen-bond acceptors (Lipinski definition) is 1. The van der Waals surface area contributed by atoms with Gasteiger partial charge in [-0.3, -0.25) is 4.79 Å². The first-order chi connectivity index (χ1) is 9.40. The normalized spacial score (nSPS) is 16.7. The topological polar surface area (TPSA) is 44.9 Å². The Balaban J connectivity index is 2.25. The molecule has 0 aliphatic carbocycles. The minimum Gasteiger partial charge on any atom is -0.351 e. The van der Waals surface area contributed by atoms with E-state index in [-0.39, 0.29) is 17.1 Å². The smallest absolute Gasteiger partial charge is 0.253 e. The summed E-state index contributed by atoms with van der Waals surface area (Å²) in [6.45, 7) is 4.74. The van der Waals surface area contributed by atoms with Crippen LogP contribution in [0.1, 0.15) is 29.9 Å². The molecule has 0 radical (unpaired) electrons. The molecule has 1 amide bonds. The number of aromatic amines is 1. The highest BCUT2D eigenvalue weighted by Crippen LogP contribution is 2.40. The lowest BCUT2D eigenvalue weighted by Crippen LogP contribution is -2.43. The first-order valence-electron chi connectivity index (χ1n) is 6.36. The highest BCUT2D eigenvalue weighted by Gasteiger charge is 2.36. The summed E-state index contributed by atoms with van der Waals surface area (Å²) >= 11 is 3.48. The van der Waals surface area contributed by atoms with Gasteiger partial charge in [0.25, 0.3) is 5.91 Å². The fourth-order valence-corrected chi connectivity index (χ4v) is 3.20. The van der Waals surface area contributed by atoms with E-state index in [4.69, 9.17) is 0 Å². The summed E-state index contributed by atoms with van der Waals surface area (Å²) < 4.78 is 13.8. The van der Waals surface area contributed by atoms with Crippen LogP contribution in [0.15, 0.2) is 28.9 Å². The first-order valence-corrected chi connectivity index (χ1v) is 7.15. The summed E-state index contributed by atoms with van der Waals surface area (Å²) in [6.07, 6.45) is 0. The third kappa shape index (κ3) is 1.97.